The van der Waals surface area contributed by atoms with Crippen LogP contribution in [-0.4, -0.2) is 17.2 Å². The van der Waals surface area contributed by atoms with Crippen LogP contribution >= 0.6 is 11.3 Å². The van der Waals surface area contributed by atoms with E-state index in [1.54, 1.807) is 12.1 Å². The summed E-state index contributed by atoms with van der Waals surface area (Å²) in [6, 6.07) is 30.9. The van der Waals surface area contributed by atoms with E-state index < -0.39 is 7.12 Å². The average Bonchev–Trinajstić information content (AvgIpc) is 3.13. The molecule has 0 aliphatic heterocycles. The zero-order valence-electron chi connectivity index (χ0n) is 15.0. The molecule has 0 aliphatic carbocycles. The molecular weight excluding hydrogens is 363 g/mol. The number of fused-ring (bicyclic) bond motifs is 3. The van der Waals surface area contributed by atoms with E-state index in [-0.39, 0.29) is 0 Å². The number of benzene rings is 4. The maximum atomic E-state index is 9.24. The van der Waals surface area contributed by atoms with Crippen molar-refractivity contribution in [3.05, 3.63) is 91.0 Å². The van der Waals surface area contributed by atoms with Gasteiger partial charge in [-0.2, -0.15) is 0 Å². The number of hydrogen-bond acceptors (Lipinski definition) is 3. The van der Waals surface area contributed by atoms with E-state index in [9.17, 15) is 10.0 Å². The lowest BCUT2D eigenvalue weighted by molar-refractivity contribution is 0.426. The lowest BCUT2D eigenvalue weighted by Crippen LogP contribution is -2.29. The van der Waals surface area contributed by atoms with Crippen LogP contribution in [0.3, 0.4) is 0 Å². The molecular formula is C24H17BO2S. The van der Waals surface area contributed by atoms with E-state index in [4.69, 9.17) is 0 Å². The maximum absolute atomic E-state index is 9.24. The molecule has 0 saturated heterocycles. The van der Waals surface area contributed by atoms with Gasteiger partial charge in [0.1, 0.15) is 0 Å². The second kappa shape index (κ2) is 6.91. The Balaban J connectivity index is 1.55. The van der Waals surface area contributed by atoms with Crippen LogP contribution in [0.4, 0.5) is 0 Å². The van der Waals surface area contributed by atoms with Gasteiger partial charge in [-0.3, -0.25) is 0 Å². The summed E-state index contributed by atoms with van der Waals surface area (Å²) in [5, 5.41) is 21.1. The van der Waals surface area contributed by atoms with Gasteiger partial charge in [-0.25, -0.2) is 0 Å². The third-order valence-electron chi connectivity index (χ3n) is 5.14. The van der Waals surface area contributed by atoms with Crippen LogP contribution in [-0.2, 0) is 0 Å². The predicted octanol–water partition coefficient (Wildman–Crippen LogP) is 5.07. The predicted molar refractivity (Wildman–Crippen MR) is 120 cm³/mol. The second-order valence-electron chi connectivity index (χ2n) is 6.85. The van der Waals surface area contributed by atoms with E-state index in [0.717, 1.165) is 11.1 Å². The van der Waals surface area contributed by atoms with Crippen LogP contribution < -0.4 is 5.46 Å². The fraction of sp³-hybridized carbons (Fsp3) is 0. The highest BCUT2D eigenvalue weighted by Crippen LogP contribution is 2.39. The van der Waals surface area contributed by atoms with E-state index >= 15 is 0 Å². The Morgan fingerprint density at radius 2 is 1.18 bits per heavy atom. The van der Waals surface area contributed by atoms with Crippen molar-refractivity contribution in [3.8, 4) is 22.3 Å². The molecule has 4 heteroatoms. The molecule has 0 amide bonds. The Bertz CT molecular complexity index is 1270. The van der Waals surface area contributed by atoms with Crippen LogP contribution in [0.1, 0.15) is 0 Å². The summed E-state index contributed by atoms with van der Waals surface area (Å²) in [4.78, 5) is 0. The molecule has 2 nitrogen and oxygen atoms in total. The highest BCUT2D eigenvalue weighted by Gasteiger charge is 2.11. The largest absolute Gasteiger partial charge is 0.488 e. The fourth-order valence-corrected chi connectivity index (χ4v) is 4.90. The van der Waals surface area contributed by atoms with Gasteiger partial charge in [0.25, 0.3) is 0 Å². The first-order valence-corrected chi connectivity index (χ1v) is 9.99. The van der Waals surface area contributed by atoms with Gasteiger partial charge < -0.3 is 10.0 Å². The number of hydrogen-bond donors (Lipinski definition) is 2. The van der Waals surface area contributed by atoms with Gasteiger partial charge in [-0.15, -0.1) is 11.3 Å². The van der Waals surface area contributed by atoms with Crippen molar-refractivity contribution >= 4 is 44.1 Å². The summed E-state index contributed by atoms with van der Waals surface area (Å²) >= 11 is 1.84. The minimum Gasteiger partial charge on any atom is -0.423 e. The van der Waals surface area contributed by atoms with Gasteiger partial charge in [0, 0.05) is 20.2 Å². The van der Waals surface area contributed by atoms with Crippen LogP contribution in [0.5, 0.6) is 0 Å². The molecule has 2 N–H and O–H groups in total. The average molecular weight is 380 g/mol. The highest BCUT2D eigenvalue weighted by molar-refractivity contribution is 7.26. The molecule has 4 aromatic carbocycles. The molecule has 0 atom stereocenters. The van der Waals surface area contributed by atoms with E-state index in [0.29, 0.717) is 5.46 Å². The van der Waals surface area contributed by atoms with Crippen LogP contribution in [0.15, 0.2) is 91.0 Å². The first kappa shape index (κ1) is 17.2. The Morgan fingerprint density at radius 3 is 1.89 bits per heavy atom. The van der Waals surface area contributed by atoms with Gasteiger partial charge in [0.2, 0.25) is 0 Å². The molecule has 0 aliphatic rings. The Kier molecular flexibility index (Phi) is 4.25. The first-order valence-electron chi connectivity index (χ1n) is 9.18. The van der Waals surface area contributed by atoms with Crippen LogP contribution in [0, 0.1) is 0 Å². The van der Waals surface area contributed by atoms with Crippen molar-refractivity contribution in [2.24, 2.45) is 0 Å². The molecule has 1 heterocycles. The lowest BCUT2D eigenvalue weighted by atomic mass is 9.80. The minimum absolute atomic E-state index is 0.497. The molecule has 1 aromatic heterocycles. The van der Waals surface area contributed by atoms with E-state index in [2.05, 4.69) is 66.7 Å². The molecule has 28 heavy (non-hydrogen) atoms. The summed E-state index contributed by atoms with van der Waals surface area (Å²) in [5.74, 6) is 0. The van der Waals surface area contributed by atoms with Crippen LogP contribution in [0.2, 0.25) is 0 Å². The number of rotatable bonds is 3. The first-order chi connectivity index (χ1) is 13.7. The molecule has 0 spiro atoms. The third kappa shape index (κ3) is 2.92. The highest BCUT2D eigenvalue weighted by atomic mass is 32.1. The zero-order valence-corrected chi connectivity index (χ0v) is 15.9. The minimum atomic E-state index is -1.43. The van der Waals surface area contributed by atoms with Gasteiger partial charge in [0.05, 0.1) is 0 Å². The lowest BCUT2D eigenvalue weighted by Gasteiger charge is -2.07. The van der Waals surface area contributed by atoms with E-state index in [1.165, 1.54) is 31.3 Å². The summed E-state index contributed by atoms with van der Waals surface area (Å²) in [5.41, 5.74) is 5.10. The fourth-order valence-electron chi connectivity index (χ4n) is 3.66. The summed E-state index contributed by atoms with van der Waals surface area (Å²) in [6.45, 7) is 0. The van der Waals surface area contributed by atoms with Gasteiger partial charge in [-0.1, -0.05) is 84.9 Å². The quantitative estimate of drug-likeness (QED) is 0.429. The second-order valence-corrected chi connectivity index (χ2v) is 7.91. The molecule has 0 fully saturated rings. The van der Waals surface area contributed by atoms with Gasteiger partial charge in [0.15, 0.2) is 0 Å². The summed E-state index contributed by atoms with van der Waals surface area (Å²) in [7, 11) is -1.43. The molecule has 5 aromatic rings. The van der Waals surface area contributed by atoms with Crippen LogP contribution in [0.25, 0.3) is 42.4 Å². The SMILES string of the molecule is OB(O)c1ccc(-c2ccc(-c3cccc4c3sc3ccccc34)cc2)cc1. The Hall–Kier alpha value is -2.92. The molecule has 0 radical (unpaired) electrons. The molecule has 0 unspecified atom stereocenters. The molecule has 134 valence electrons. The number of thiophene rings is 1. The Labute approximate surface area is 167 Å². The zero-order chi connectivity index (χ0) is 19.1. The van der Waals surface area contributed by atoms with Crippen molar-refractivity contribution in [1.82, 2.24) is 0 Å². The normalized spacial score (nSPS) is 11.2. The Morgan fingerprint density at radius 1 is 0.571 bits per heavy atom. The molecule has 0 bridgehead atoms. The molecule has 5 rings (SSSR count). The van der Waals surface area contributed by atoms with Crippen molar-refractivity contribution in [2.45, 2.75) is 0 Å². The third-order valence-corrected chi connectivity index (χ3v) is 6.36. The summed E-state index contributed by atoms with van der Waals surface area (Å²) in [6.07, 6.45) is 0. The van der Waals surface area contributed by atoms with Gasteiger partial charge >= 0.3 is 7.12 Å². The van der Waals surface area contributed by atoms with Gasteiger partial charge in [-0.05, 0) is 33.8 Å². The molecule has 0 saturated carbocycles. The van der Waals surface area contributed by atoms with Crippen molar-refractivity contribution in [2.75, 3.05) is 0 Å². The van der Waals surface area contributed by atoms with Crippen molar-refractivity contribution in [1.29, 1.82) is 0 Å². The monoisotopic (exact) mass is 380 g/mol. The maximum Gasteiger partial charge on any atom is 0.488 e. The topological polar surface area (TPSA) is 40.5 Å². The van der Waals surface area contributed by atoms with Crippen molar-refractivity contribution < 1.29 is 10.0 Å². The van der Waals surface area contributed by atoms with E-state index in [1.807, 2.05) is 23.5 Å². The standard InChI is InChI=1S/C24H17BO2S/c26-25(27)19-14-12-17(13-15-19)16-8-10-18(11-9-16)20-5-3-6-22-21-4-1-2-7-23(21)28-24(20)22/h1-15,26-27H. The van der Waals surface area contributed by atoms with Crippen molar-refractivity contribution in [3.63, 3.8) is 0 Å². The smallest absolute Gasteiger partial charge is 0.423 e. The summed E-state index contributed by atoms with van der Waals surface area (Å²) < 4.78 is 2.63.